The maximum atomic E-state index is 6.21. The summed E-state index contributed by atoms with van der Waals surface area (Å²) in [6.07, 6.45) is 5.95. The zero-order chi connectivity index (χ0) is 18.1. The molecule has 1 spiro atoms. The first-order valence-corrected chi connectivity index (χ1v) is 10.0. The van der Waals surface area contributed by atoms with E-state index in [1.54, 1.807) is 7.11 Å². The fourth-order valence-corrected chi connectivity index (χ4v) is 4.97. The molecule has 142 valence electrons. The number of likely N-dealkylation sites (tertiary alicyclic amines) is 2. The van der Waals surface area contributed by atoms with Crippen LogP contribution >= 0.6 is 11.6 Å². The molecular weight excluding hydrogens is 348 g/mol. The van der Waals surface area contributed by atoms with Crippen molar-refractivity contribution in [2.45, 2.75) is 32.7 Å². The van der Waals surface area contributed by atoms with Gasteiger partial charge in [-0.15, -0.1) is 0 Å². The van der Waals surface area contributed by atoms with Crippen molar-refractivity contribution in [2.24, 2.45) is 5.41 Å². The second-order valence-electron chi connectivity index (χ2n) is 8.05. The van der Waals surface area contributed by atoms with Crippen molar-refractivity contribution < 1.29 is 4.74 Å². The maximum absolute atomic E-state index is 6.21. The van der Waals surface area contributed by atoms with Crippen LogP contribution in [0.4, 0.5) is 0 Å². The molecule has 2 aromatic heterocycles. The van der Waals surface area contributed by atoms with Gasteiger partial charge in [-0.2, -0.15) is 0 Å². The predicted molar refractivity (Wildman–Crippen MR) is 105 cm³/mol. The van der Waals surface area contributed by atoms with Crippen LogP contribution < -0.4 is 0 Å². The Morgan fingerprint density at radius 1 is 1.19 bits per heavy atom. The van der Waals surface area contributed by atoms with Crippen LogP contribution in [-0.2, 0) is 11.3 Å². The molecule has 0 radical (unpaired) electrons. The van der Waals surface area contributed by atoms with E-state index in [0.29, 0.717) is 5.41 Å². The molecule has 4 rings (SSSR count). The Morgan fingerprint density at radius 3 is 2.88 bits per heavy atom. The van der Waals surface area contributed by atoms with Gasteiger partial charge in [-0.25, -0.2) is 4.98 Å². The molecule has 0 aromatic carbocycles. The zero-order valence-electron chi connectivity index (χ0n) is 15.9. The fraction of sp³-hybridized carbons (Fsp3) is 0.650. The van der Waals surface area contributed by atoms with Gasteiger partial charge in [-0.05, 0) is 56.8 Å². The number of fused-ring (bicyclic) bond motifs is 1. The summed E-state index contributed by atoms with van der Waals surface area (Å²) in [6.45, 7) is 9.74. The van der Waals surface area contributed by atoms with Crippen LogP contribution in [0.3, 0.4) is 0 Å². The first-order valence-electron chi connectivity index (χ1n) is 9.65. The first kappa shape index (κ1) is 18.2. The lowest BCUT2D eigenvalue weighted by Crippen LogP contribution is -2.45. The van der Waals surface area contributed by atoms with Gasteiger partial charge >= 0.3 is 0 Å². The van der Waals surface area contributed by atoms with Gasteiger partial charge in [-0.1, -0.05) is 11.6 Å². The Kier molecular flexibility index (Phi) is 5.24. The highest BCUT2D eigenvalue weighted by Gasteiger charge is 2.41. The van der Waals surface area contributed by atoms with Gasteiger partial charge in [0.1, 0.15) is 5.65 Å². The smallest absolute Gasteiger partial charge is 0.137 e. The highest BCUT2D eigenvalue weighted by Crippen LogP contribution is 2.39. The van der Waals surface area contributed by atoms with E-state index in [9.17, 15) is 0 Å². The van der Waals surface area contributed by atoms with E-state index in [0.717, 1.165) is 36.1 Å². The molecule has 0 amide bonds. The molecule has 2 aliphatic heterocycles. The minimum absolute atomic E-state index is 0.456. The highest BCUT2D eigenvalue weighted by atomic mass is 35.5. The summed E-state index contributed by atoms with van der Waals surface area (Å²) >= 11 is 6.21. The number of ether oxygens (including phenoxy) is 1. The number of aryl methyl sites for hydroxylation is 1. The number of halogens is 1. The van der Waals surface area contributed by atoms with Crippen LogP contribution in [0.1, 0.15) is 30.7 Å². The van der Waals surface area contributed by atoms with Crippen molar-refractivity contribution in [1.82, 2.24) is 19.2 Å². The molecule has 0 saturated carbocycles. The number of pyridine rings is 1. The number of nitrogens with zero attached hydrogens (tertiary/aromatic N) is 4. The van der Waals surface area contributed by atoms with Crippen LogP contribution in [0.25, 0.3) is 5.65 Å². The maximum Gasteiger partial charge on any atom is 0.137 e. The quantitative estimate of drug-likeness (QED) is 0.802. The topological polar surface area (TPSA) is 33.0 Å². The molecule has 1 atom stereocenters. The molecule has 0 aliphatic carbocycles. The minimum Gasteiger partial charge on any atom is -0.383 e. The molecular formula is C20H29ClN4O. The summed E-state index contributed by atoms with van der Waals surface area (Å²) in [4.78, 5) is 9.90. The van der Waals surface area contributed by atoms with E-state index in [1.807, 2.05) is 18.3 Å². The highest BCUT2D eigenvalue weighted by molar-refractivity contribution is 6.30. The predicted octanol–water partition coefficient (Wildman–Crippen LogP) is 3.23. The lowest BCUT2D eigenvalue weighted by Gasteiger charge is -2.40. The summed E-state index contributed by atoms with van der Waals surface area (Å²) in [7, 11) is 1.79. The molecule has 2 aromatic rings. The van der Waals surface area contributed by atoms with E-state index in [4.69, 9.17) is 21.3 Å². The third kappa shape index (κ3) is 3.63. The lowest BCUT2D eigenvalue weighted by atomic mass is 9.79. The fourth-order valence-electron chi connectivity index (χ4n) is 4.80. The van der Waals surface area contributed by atoms with Crippen molar-refractivity contribution in [2.75, 3.05) is 46.4 Å². The third-order valence-electron chi connectivity index (χ3n) is 6.12. The Labute approximate surface area is 160 Å². The van der Waals surface area contributed by atoms with Crippen molar-refractivity contribution >= 4 is 17.2 Å². The average molecular weight is 377 g/mol. The summed E-state index contributed by atoms with van der Waals surface area (Å²) in [6, 6.07) is 3.91. The van der Waals surface area contributed by atoms with Crippen LogP contribution in [0.15, 0.2) is 18.3 Å². The van der Waals surface area contributed by atoms with E-state index in [-0.39, 0.29) is 0 Å². The molecule has 26 heavy (non-hydrogen) atoms. The SMILES string of the molecule is COCCN1CCCC2(CCN(Cc3c(C)nc4ccc(Cl)cn34)C2)C1. The van der Waals surface area contributed by atoms with Gasteiger partial charge in [0.15, 0.2) is 0 Å². The van der Waals surface area contributed by atoms with E-state index < -0.39 is 0 Å². The monoisotopic (exact) mass is 376 g/mol. The standard InChI is InChI=1S/C20H29ClN4O/c1-16-18(25-12-17(21)4-5-19(25)22-16)13-24-9-7-20(15-24)6-3-8-23(14-20)10-11-26-2/h4-5,12H,3,6-11,13-15H2,1-2H3. The number of methoxy groups -OCH3 is 1. The Morgan fingerprint density at radius 2 is 2.04 bits per heavy atom. The van der Waals surface area contributed by atoms with Crippen LogP contribution in [0.2, 0.25) is 5.02 Å². The molecule has 5 nitrogen and oxygen atoms in total. The van der Waals surface area contributed by atoms with Crippen molar-refractivity contribution in [3.63, 3.8) is 0 Å². The Bertz CT molecular complexity index is 777. The Balaban J connectivity index is 1.46. The summed E-state index contributed by atoms with van der Waals surface area (Å²) in [5.74, 6) is 0. The number of piperidine rings is 1. The molecule has 4 heterocycles. The van der Waals surface area contributed by atoms with E-state index >= 15 is 0 Å². The molecule has 2 saturated heterocycles. The number of imidazole rings is 1. The normalized spacial score (nSPS) is 24.9. The lowest BCUT2D eigenvalue weighted by molar-refractivity contribution is 0.0672. The minimum atomic E-state index is 0.456. The van der Waals surface area contributed by atoms with Gasteiger partial charge in [0.2, 0.25) is 0 Å². The number of aromatic nitrogens is 2. The van der Waals surface area contributed by atoms with Crippen LogP contribution in [-0.4, -0.2) is 65.6 Å². The van der Waals surface area contributed by atoms with Gasteiger partial charge in [0.05, 0.1) is 23.0 Å². The summed E-state index contributed by atoms with van der Waals surface area (Å²) in [5.41, 5.74) is 3.82. The van der Waals surface area contributed by atoms with E-state index in [2.05, 4.69) is 21.1 Å². The molecule has 0 N–H and O–H groups in total. The number of hydrogen-bond donors (Lipinski definition) is 0. The van der Waals surface area contributed by atoms with Crippen LogP contribution in [0.5, 0.6) is 0 Å². The molecule has 0 bridgehead atoms. The third-order valence-corrected chi connectivity index (χ3v) is 6.35. The van der Waals surface area contributed by atoms with Crippen LogP contribution in [0, 0.1) is 12.3 Å². The van der Waals surface area contributed by atoms with E-state index in [1.165, 1.54) is 51.1 Å². The van der Waals surface area contributed by atoms with Gasteiger partial charge in [0.25, 0.3) is 0 Å². The Hall–Kier alpha value is -1.14. The zero-order valence-corrected chi connectivity index (χ0v) is 16.6. The van der Waals surface area contributed by atoms with Gasteiger partial charge in [0, 0.05) is 39.5 Å². The average Bonchev–Trinajstić information content (AvgIpc) is 3.15. The summed E-state index contributed by atoms with van der Waals surface area (Å²) < 4.78 is 7.44. The second-order valence-corrected chi connectivity index (χ2v) is 8.49. The van der Waals surface area contributed by atoms with Gasteiger partial charge in [-0.3, -0.25) is 4.90 Å². The largest absolute Gasteiger partial charge is 0.383 e. The summed E-state index contributed by atoms with van der Waals surface area (Å²) in [5, 5.41) is 0.759. The van der Waals surface area contributed by atoms with Gasteiger partial charge < -0.3 is 14.0 Å². The van der Waals surface area contributed by atoms with Crippen molar-refractivity contribution in [3.05, 3.63) is 34.7 Å². The number of hydrogen-bond acceptors (Lipinski definition) is 4. The molecule has 1 unspecified atom stereocenters. The van der Waals surface area contributed by atoms with Crippen molar-refractivity contribution in [3.8, 4) is 0 Å². The second kappa shape index (κ2) is 7.47. The number of rotatable bonds is 5. The van der Waals surface area contributed by atoms with Crippen molar-refractivity contribution in [1.29, 1.82) is 0 Å². The molecule has 2 fully saturated rings. The first-order chi connectivity index (χ1) is 12.6. The molecule has 2 aliphatic rings. The molecule has 6 heteroatoms.